The number of nitro groups is 1. The number of hydrogen-bond donors (Lipinski definition) is 2. The van der Waals surface area contributed by atoms with Gasteiger partial charge in [0.25, 0.3) is 0 Å². The maximum absolute atomic E-state index is 10.7. The first kappa shape index (κ1) is 15.3. The second-order valence-corrected chi connectivity index (χ2v) is 5.23. The Balaban J connectivity index is 2.21. The average Bonchev–Trinajstić information content (AvgIpc) is 2.37. The van der Waals surface area contributed by atoms with Crippen molar-refractivity contribution in [3.8, 4) is 0 Å². The molecule has 1 atom stereocenters. The Morgan fingerprint density at radius 2 is 2.05 bits per heavy atom. The molecular weight excluding hydrogens is 315 g/mol. The van der Waals surface area contributed by atoms with Crippen LogP contribution in [0.3, 0.4) is 0 Å². The lowest BCUT2D eigenvalue weighted by molar-refractivity contribution is -0.384. The van der Waals surface area contributed by atoms with Gasteiger partial charge in [0.15, 0.2) is 0 Å². The smallest absolute Gasteiger partial charge is 0.311 e. The fourth-order valence-electron chi connectivity index (χ4n) is 1.85. The maximum atomic E-state index is 10.7. The second-order valence-electron chi connectivity index (χ2n) is 4.39. The van der Waals surface area contributed by atoms with Gasteiger partial charge in [-0.2, -0.15) is 0 Å². The predicted octanol–water partition coefficient (Wildman–Crippen LogP) is 4.05. The van der Waals surface area contributed by atoms with Crippen molar-refractivity contribution in [2.75, 3.05) is 11.1 Å². The van der Waals surface area contributed by atoms with E-state index in [1.165, 1.54) is 12.1 Å². The minimum atomic E-state index is -0.578. The van der Waals surface area contributed by atoms with Gasteiger partial charge in [0.05, 0.1) is 11.0 Å². The zero-order valence-electron chi connectivity index (χ0n) is 11.0. The number of nitrogens with two attached hydrogens (primary N) is 1. The van der Waals surface area contributed by atoms with Crippen LogP contribution in [0.4, 0.5) is 17.3 Å². The highest BCUT2D eigenvalue weighted by Crippen LogP contribution is 2.29. The van der Waals surface area contributed by atoms with E-state index in [1.54, 1.807) is 18.2 Å². The fraction of sp³-hybridized carbons (Fsp3) is 0.154. The van der Waals surface area contributed by atoms with Crippen LogP contribution in [0.2, 0.25) is 10.0 Å². The van der Waals surface area contributed by atoms with Crippen molar-refractivity contribution in [2.24, 2.45) is 0 Å². The van der Waals surface area contributed by atoms with E-state index in [0.29, 0.717) is 15.9 Å². The summed E-state index contributed by atoms with van der Waals surface area (Å²) >= 11 is 12.0. The Labute approximate surface area is 131 Å². The molecule has 0 spiro atoms. The van der Waals surface area contributed by atoms with Gasteiger partial charge in [-0.25, -0.2) is 4.98 Å². The van der Waals surface area contributed by atoms with E-state index in [-0.39, 0.29) is 17.5 Å². The van der Waals surface area contributed by atoms with Crippen molar-refractivity contribution in [1.29, 1.82) is 0 Å². The Morgan fingerprint density at radius 1 is 1.33 bits per heavy atom. The zero-order chi connectivity index (χ0) is 15.6. The Hall–Kier alpha value is -2.05. The third-order valence-electron chi connectivity index (χ3n) is 2.89. The number of pyridine rings is 1. The number of rotatable bonds is 4. The fourth-order valence-corrected chi connectivity index (χ4v) is 2.43. The Kier molecular flexibility index (Phi) is 4.50. The van der Waals surface area contributed by atoms with Crippen molar-refractivity contribution in [2.45, 2.75) is 13.0 Å². The second kappa shape index (κ2) is 6.15. The lowest BCUT2D eigenvalue weighted by Gasteiger charge is -2.16. The summed E-state index contributed by atoms with van der Waals surface area (Å²) < 4.78 is 0. The van der Waals surface area contributed by atoms with Gasteiger partial charge in [-0.05, 0) is 30.7 Å². The normalized spacial score (nSPS) is 12.0. The molecule has 1 unspecified atom stereocenters. The van der Waals surface area contributed by atoms with Gasteiger partial charge in [0.2, 0.25) is 5.82 Å². The van der Waals surface area contributed by atoms with Crippen LogP contribution in [-0.4, -0.2) is 9.91 Å². The molecule has 0 aliphatic heterocycles. The van der Waals surface area contributed by atoms with Crippen LogP contribution < -0.4 is 11.1 Å². The molecule has 3 N–H and O–H groups in total. The number of halogens is 2. The molecule has 1 aromatic carbocycles. The summed E-state index contributed by atoms with van der Waals surface area (Å²) in [5.74, 6) is 0.288. The molecule has 21 heavy (non-hydrogen) atoms. The van der Waals surface area contributed by atoms with Crippen LogP contribution in [0.25, 0.3) is 0 Å². The molecule has 1 heterocycles. The first-order chi connectivity index (χ1) is 9.88. The van der Waals surface area contributed by atoms with Crippen LogP contribution in [0.1, 0.15) is 18.5 Å². The number of aromatic nitrogens is 1. The van der Waals surface area contributed by atoms with E-state index in [2.05, 4.69) is 10.3 Å². The number of nitrogen functional groups attached to an aromatic ring is 1. The SMILES string of the molecule is CC(Nc1ccc([N+](=O)[O-])c(N)n1)c1ccc(Cl)cc1Cl. The number of anilines is 2. The summed E-state index contributed by atoms with van der Waals surface area (Å²) in [6, 6.07) is 7.82. The molecule has 0 aliphatic rings. The van der Waals surface area contributed by atoms with Crippen molar-refractivity contribution >= 4 is 40.5 Å². The maximum Gasteiger partial charge on any atom is 0.311 e. The largest absolute Gasteiger partial charge is 0.378 e. The summed E-state index contributed by atoms with van der Waals surface area (Å²) in [6.07, 6.45) is 0. The highest BCUT2D eigenvalue weighted by atomic mass is 35.5. The van der Waals surface area contributed by atoms with E-state index < -0.39 is 4.92 Å². The van der Waals surface area contributed by atoms with E-state index in [1.807, 2.05) is 6.92 Å². The third kappa shape index (κ3) is 3.53. The quantitative estimate of drug-likeness (QED) is 0.652. The Bertz CT molecular complexity index is 694. The molecule has 0 bridgehead atoms. The predicted molar refractivity (Wildman–Crippen MR) is 83.8 cm³/mol. The van der Waals surface area contributed by atoms with Gasteiger partial charge in [-0.3, -0.25) is 10.1 Å². The van der Waals surface area contributed by atoms with Gasteiger partial charge >= 0.3 is 5.69 Å². The lowest BCUT2D eigenvalue weighted by atomic mass is 10.1. The summed E-state index contributed by atoms with van der Waals surface area (Å²) in [5.41, 5.74) is 6.16. The van der Waals surface area contributed by atoms with Gasteiger partial charge in [0.1, 0.15) is 5.82 Å². The molecule has 0 fully saturated rings. The lowest BCUT2D eigenvalue weighted by Crippen LogP contribution is -2.10. The first-order valence-electron chi connectivity index (χ1n) is 6.01. The molecule has 2 aromatic rings. The molecular formula is C13H12Cl2N4O2. The topological polar surface area (TPSA) is 94.1 Å². The van der Waals surface area contributed by atoms with Crippen LogP contribution in [0.5, 0.6) is 0 Å². The molecule has 110 valence electrons. The molecule has 0 amide bonds. The summed E-state index contributed by atoms with van der Waals surface area (Å²) in [7, 11) is 0. The van der Waals surface area contributed by atoms with E-state index in [9.17, 15) is 10.1 Å². The summed E-state index contributed by atoms with van der Waals surface area (Å²) in [4.78, 5) is 14.1. The van der Waals surface area contributed by atoms with Gasteiger partial charge in [-0.15, -0.1) is 0 Å². The van der Waals surface area contributed by atoms with Crippen molar-refractivity contribution in [3.05, 3.63) is 56.1 Å². The molecule has 1 aromatic heterocycles. The van der Waals surface area contributed by atoms with Crippen molar-refractivity contribution in [1.82, 2.24) is 4.98 Å². The molecule has 8 heteroatoms. The van der Waals surface area contributed by atoms with Gasteiger partial charge in [0, 0.05) is 16.1 Å². The van der Waals surface area contributed by atoms with Crippen LogP contribution >= 0.6 is 23.2 Å². The number of nitrogens with zero attached hydrogens (tertiary/aromatic N) is 2. The number of hydrogen-bond acceptors (Lipinski definition) is 5. The van der Waals surface area contributed by atoms with Crippen LogP contribution in [0.15, 0.2) is 30.3 Å². The molecule has 0 radical (unpaired) electrons. The Morgan fingerprint density at radius 3 is 2.62 bits per heavy atom. The van der Waals surface area contributed by atoms with Gasteiger partial charge < -0.3 is 11.1 Å². The summed E-state index contributed by atoms with van der Waals surface area (Å²) in [6.45, 7) is 1.88. The highest BCUT2D eigenvalue weighted by Gasteiger charge is 2.15. The van der Waals surface area contributed by atoms with E-state index in [4.69, 9.17) is 28.9 Å². The number of benzene rings is 1. The van der Waals surface area contributed by atoms with Gasteiger partial charge in [-0.1, -0.05) is 29.3 Å². The minimum absolute atomic E-state index is 0.139. The van der Waals surface area contributed by atoms with Crippen LogP contribution in [0, 0.1) is 10.1 Å². The molecule has 0 saturated carbocycles. The molecule has 0 saturated heterocycles. The average molecular weight is 327 g/mol. The third-order valence-corrected chi connectivity index (χ3v) is 3.45. The highest BCUT2D eigenvalue weighted by molar-refractivity contribution is 6.35. The molecule has 0 aliphatic carbocycles. The van der Waals surface area contributed by atoms with E-state index in [0.717, 1.165) is 5.56 Å². The van der Waals surface area contributed by atoms with Crippen LogP contribution in [-0.2, 0) is 0 Å². The molecule has 2 rings (SSSR count). The summed E-state index contributed by atoms with van der Waals surface area (Å²) in [5, 5.41) is 14.8. The molecule has 6 nitrogen and oxygen atoms in total. The zero-order valence-corrected chi connectivity index (χ0v) is 12.5. The monoisotopic (exact) mass is 326 g/mol. The standard InChI is InChI=1S/C13H12Cl2N4O2/c1-7(9-3-2-8(14)6-10(9)15)17-12-5-4-11(19(20)21)13(16)18-12/h2-7H,1H3,(H3,16,17,18). The first-order valence-corrected chi connectivity index (χ1v) is 6.76. The van der Waals surface area contributed by atoms with E-state index >= 15 is 0 Å². The van der Waals surface area contributed by atoms with Crippen molar-refractivity contribution < 1.29 is 4.92 Å². The number of nitrogens with one attached hydrogen (secondary N) is 1. The van der Waals surface area contributed by atoms with Crippen molar-refractivity contribution in [3.63, 3.8) is 0 Å². The minimum Gasteiger partial charge on any atom is -0.378 e.